The lowest BCUT2D eigenvalue weighted by molar-refractivity contribution is -0.130. The molecule has 2 aromatic rings. The van der Waals surface area contributed by atoms with Crippen molar-refractivity contribution in [1.29, 1.82) is 0 Å². The van der Waals surface area contributed by atoms with E-state index in [4.69, 9.17) is 10.3 Å². The average Bonchev–Trinajstić information content (AvgIpc) is 2.72. The molecular weight excluding hydrogens is 216 g/mol. The van der Waals surface area contributed by atoms with Gasteiger partial charge in [-0.2, -0.15) is 0 Å². The summed E-state index contributed by atoms with van der Waals surface area (Å²) in [5, 5.41) is 2.26. The summed E-state index contributed by atoms with van der Waals surface area (Å²) < 4.78 is 5.43. The van der Waals surface area contributed by atoms with E-state index in [2.05, 4.69) is 0 Å². The molecule has 2 rings (SSSR count). The Morgan fingerprint density at radius 3 is 2.94 bits per heavy atom. The molecule has 0 aliphatic heterocycles. The molecule has 0 radical (unpaired) electrons. The minimum Gasteiger partial charge on any atom is -0.464 e. The van der Waals surface area contributed by atoms with Crippen molar-refractivity contribution >= 4 is 16.9 Å². The first kappa shape index (κ1) is 11.7. The number of carbonyl (C=O) groups excluding carboxylic acids is 1. The van der Waals surface area contributed by atoms with E-state index in [1.54, 1.807) is 13.3 Å². The molecule has 4 heteroatoms. The van der Waals surface area contributed by atoms with Crippen LogP contribution in [-0.4, -0.2) is 18.0 Å². The monoisotopic (exact) mass is 232 g/mol. The molecule has 2 N–H and O–H groups in total. The van der Waals surface area contributed by atoms with E-state index >= 15 is 0 Å². The Morgan fingerprint density at radius 2 is 2.18 bits per heavy atom. The number of aryl methyl sites for hydroxylation is 1. The maximum Gasteiger partial charge on any atom is 0.236 e. The van der Waals surface area contributed by atoms with Crippen molar-refractivity contribution in [2.24, 2.45) is 5.84 Å². The number of fused-ring (bicyclic) bond motifs is 1. The van der Waals surface area contributed by atoms with Crippen molar-refractivity contribution in [1.82, 2.24) is 5.01 Å². The van der Waals surface area contributed by atoms with Gasteiger partial charge in [0, 0.05) is 18.9 Å². The topological polar surface area (TPSA) is 59.5 Å². The Bertz CT molecular complexity index is 517. The van der Waals surface area contributed by atoms with Crippen LogP contribution >= 0.6 is 0 Å². The Balaban J connectivity index is 1.98. The van der Waals surface area contributed by atoms with Crippen molar-refractivity contribution in [3.05, 3.63) is 36.1 Å². The van der Waals surface area contributed by atoms with Gasteiger partial charge in [-0.25, -0.2) is 5.84 Å². The quantitative estimate of drug-likeness (QED) is 0.499. The van der Waals surface area contributed by atoms with Crippen LogP contribution in [-0.2, 0) is 11.2 Å². The maximum absolute atomic E-state index is 11.3. The lowest BCUT2D eigenvalue weighted by atomic mass is 10.1. The molecule has 0 spiro atoms. The summed E-state index contributed by atoms with van der Waals surface area (Å²) in [5.74, 6) is 5.31. The molecule has 1 aromatic heterocycles. The number of hydrogen-bond acceptors (Lipinski definition) is 3. The van der Waals surface area contributed by atoms with Crippen molar-refractivity contribution < 1.29 is 9.21 Å². The van der Waals surface area contributed by atoms with Crippen LogP contribution in [0.4, 0.5) is 0 Å². The largest absolute Gasteiger partial charge is 0.464 e. The van der Waals surface area contributed by atoms with Crippen LogP contribution in [0.25, 0.3) is 11.0 Å². The molecule has 0 atom stereocenters. The van der Waals surface area contributed by atoms with Crippen molar-refractivity contribution in [3.8, 4) is 0 Å². The first-order valence-electron chi connectivity index (χ1n) is 5.65. The molecule has 0 saturated carbocycles. The highest BCUT2D eigenvalue weighted by molar-refractivity contribution is 5.81. The molecule has 1 heterocycles. The lowest BCUT2D eigenvalue weighted by Crippen LogP contribution is -2.32. The molecule has 0 unspecified atom stereocenters. The molecule has 4 nitrogen and oxygen atoms in total. The van der Waals surface area contributed by atoms with Crippen LogP contribution in [0.1, 0.15) is 18.4 Å². The third-order valence-corrected chi connectivity index (χ3v) is 2.79. The van der Waals surface area contributed by atoms with Gasteiger partial charge < -0.3 is 4.42 Å². The normalized spacial score (nSPS) is 10.7. The molecule has 0 saturated heterocycles. The number of rotatable bonds is 4. The average molecular weight is 232 g/mol. The van der Waals surface area contributed by atoms with Gasteiger partial charge in [-0.1, -0.05) is 18.2 Å². The highest BCUT2D eigenvalue weighted by Crippen LogP contribution is 2.22. The van der Waals surface area contributed by atoms with Crippen LogP contribution in [0, 0.1) is 0 Å². The first-order valence-corrected chi connectivity index (χ1v) is 5.65. The van der Waals surface area contributed by atoms with Crippen molar-refractivity contribution in [2.75, 3.05) is 7.05 Å². The smallest absolute Gasteiger partial charge is 0.236 e. The predicted octanol–water partition coefficient (Wildman–Crippen LogP) is 2.09. The van der Waals surface area contributed by atoms with Gasteiger partial charge >= 0.3 is 0 Å². The SMILES string of the molecule is CN(N)C(=O)CCCc1coc2ccccc12. The third-order valence-electron chi connectivity index (χ3n) is 2.79. The molecule has 0 bridgehead atoms. The van der Waals surface area contributed by atoms with E-state index in [0.29, 0.717) is 6.42 Å². The standard InChI is InChI=1S/C13H16N2O2/c1-15(14)13(16)8-4-5-10-9-17-12-7-3-2-6-11(10)12/h2-3,6-7,9H,4-5,8,14H2,1H3. The van der Waals surface area contributed by atoms with Crippen LogP contribution in [0.2, 0.25) is 0 Å². The van der Waals surface area contributed by atoms with Gasteiger partial charge in [0.25, 0.3) is 0 Å². The molecule has 1 aromatic carbocycles. The fraction of sp³-hybridized carbons (Fsp3) is 0.308. The number of amides is 1. The van der Waals surface area contributed by atoms with Gasteiger partial charge in [-0.15, -0.1) is 0 Å². The summed E-state index contributed by atoms with van der Waals surface area (Å²) in [7, 11) is 1.57. The number of nitrogens with two attached hydrogens (primary N) is 1. The second-order valence-electron chi connectivity index (χ2n) is 4.12. The lowest BCUT2D eigenvalue weighted by Gasteiger charge is -2.08. The highest BCUT2D eigenvalue weighted by Gasteiger charge is 2.07. The summed E-state index contributed by atoms with van der Waals surface area (Å²) in [4.78, 5) is 11.3. The first-order chi connectivity index (χ1) is 8.18. The van der Waals surface area contributed by atoms with Crippen molar-refractivity contribution in [2.45, 2.75) is 19.3 Å². The van der Waals surface area contributed by atoms with E-state index in [-0.39, 0.29) is 5.91 Å². The molecule has 1 amide bonds. The Kier molecular flexibility index (Phi) is 3.44. The Labute approximate surface area is 100.0 Å². The Morgan fingerprint density at radius 1 is 1.41 bits per heavy atom. The van der Waals surface area contributed by atoms with E-state index < -0.39 is 0 Å². The number of para-hydroxylation sites is 1. The number of hydrazine groups is 1. The van der Waals surface area contributed by atoms with Crippen LogP contribution < -0.4 is 5.84 Å². The summed E-state index contributed by atoms with van der Waals surface area (Å²) in [6.45, 7) is 0. The second kappa shape index (κ2) is 5.01. The number of furan rings is 1. The van der Waals surface area contributed by atoms with E-state index in [0.717, 1.165) is 34.4 Å². The minimum atomic E-state index is -0.0437. The van der Waals surface area contributed by atoms with Gasteiger partial charge in [0.2, 0.25) is 5.91 Å². The Hall–Kier alpha value is -1.81. The molecule has 0 aliphatic rings. The minimum absolute atomic E-state index is 0.0437. The number of hydrogen-bond donors (Lipinski definition) is 1. The van der Waals surface area contributed by atoms with E-state index in [1.165, 1.54) is 0 Å². The predicted molar refractivity (Wildman–Crippen MR) is 66.1 cm³/mol. The van der Waals surface area contributed by atoms with Crippen molar-refractivity contribution in [3.63, 3.8) is 0 Å². The zero-order valence-electron chi connectivity index (χ0n) is 9.85. The van der Waals surface area contributed by atoms with Crippen LogP contribution in [0.15, 0.2) is 34.9 Å². The van der Waals surface area contributed by atoms with Gasteiger partial charge in [-0.3, -0.25) is 9.80 Å². The van der Waals surface area contributed by atoms with E-state index in [9.17, 15) is 4.79 Å². The van der Waals surface area contributed by atoms with Gasteiger partial charge in [0.15, 0.2) is 0 Å². The molecule has 0 fully saturated rings. The third kappa shape index (κ3) is 2.65. The summed E-state index contributed by atoms with van der Waals surface area (Å²) >= 11 is 0. The summed E-state index contributed by atoms with van der Waals surface area (Å²) in [6.07, 6.45) is 3.84. The highest BCUT2D eigenvalue weighted by atomic mass is 16.3. The molecule has 17 heavy (non-hydrogen) atoms. The van der Waals surface area contributed by atoms with Gasteiger partial charge in [0.1, 0.15) is 5.58 Å². The molecule has 90 valence electrons. The molecule has 0 aliphatic carbocycles. The van der Waals surface area contributed by atoms with E-state index in [1.807, 2.05) is 24.3 Å². The number of carbonyl (C=O) groups is 1. The summed E-state index contributed by atoms with van der Waals surface area (Å²) in [5.41, 5.74) is 2.04. The maximum atomic E-state index is 11.3. The number of nitrogens with zero attached hydrogens (tertiary/aromatic N) is 1. The van der Waals surface area contributed by atoms with Crippen LogP contribution in [0.3, 0.4) is 0 Å². The zero-order valence-corrected chi connectivity index (χ0v) is 9.85. The second-order valence-corrected chi connectivity index (χ2v) is 4.12. The van der Waals surface area contributed by atoms with Gasteiger partial charge in [0.05, 0.1) is 6.26 Å². The van der Waals surface area contributed by atoms with Gasteiger partial charge in [-0.05, 0) is 24.5 Å². The number of benzene rings is 1. The molecular formula is C13H16N2O2. The fourth-order valence-electron chi connectivity index (χ4n) is 1.83. The fourth-order valence-corrected chi connectivity index (χ4v) is 1.83. The van der Waals surface area contributed by atoms with Crippen LogP contribution in [0.5, 0.6) is 0 Å². The zero-order chi connectivity index (χ0) is 12.3. The summed E-state index contributed by atoms with van der Waals surface area (Å²) in [6, 6.07) is 7.91.